The number of carbonyl (C=O) groups excluding carboxylic acids is 3. The molecule has 344 valence electrons. The molecule has 0 aromatic heterocycles. The van der Waals surface area contributed by atoms with E-state index in [-0.39, 0.29) is 44.3 Å². The van der Waals surface area contributed by atoms with E-state index in [1.165, 1.54) is 77.0 Å². The Balaban J connectivity index is 2.53. The SMILES string of the molecule is CCCCC/C=C\C/C=C\CCCCCCCC(=O)OCC(COC(=O)CCC(OCCCCCCCC)OCCCCCCCC)COC(=O)N1CCN(CC)CC1. The molecule has 0 aliphatic carbocycles. The number of likely N-dealkylation sites (N-methyl/N-ethyl adjacent to an activating group) is 1. The third-order valence-corrected chi connectivity index (χ3v) is 11.0. The van der Waals surface area contributed by atoms with Crippen molar-refractivity contribution in [2.75, 3.05) is 65.8 Å². The topological polar surface area (TPSA) is 104 Å². The normalized spacial score (nSPS) is 14.2. The minimum atomic E-state index is -0.461. The first-order valence-electron chi connectivity index (χ1n) is 24.4. The van der Waals surface area contributed by atoms with E-state index in [4.69, 9.17) is 23.7 Å². The number of hydrogen-bond donors (Lipinski definition) is 0. The molecule has 1 unspecified atom stereocenters. The molecule has 0 bridgehead atoms. The molecule has 1 atom stereocenters. The highest BCUT2D eigenvalue weighted by Gasteiger charge is 2.24. The first-order chi connectivity index (χ1) is 28.9. The molecule has 59 heavy (non-hydrogen) atoms. The van der Waals surface area contributed by atoms with Crippen molar-refractivity contribution in [2.24, 2.45) is 5.92 Å². The number of amides is 1. The number of unbranched alkanes of at least 4 members (excludes halogenated alkanes) is 18. The summed E-state index contributed by atoms with van der Waals surface area (Å²) in [6, 6.07) is 0. The fourth-order valence-corrected chi connectivity index (χ4v) is 6.96. The van der Waals surface area contributed by atoms with Gasteiger partial charge in [0.15, 0.2) is 6.29 Å². The maximum absolute atomic E-state index is 13.0. The highest BCUT2D eigenvalue weighted by atomic mass is 16.7. The van der Waals surface area contributed by atoms with E-state index in [1.807, 2.05) is 0 Å². The molecule has 10 nitrogen and oxygen atoms in total. The van der Waals surface area contributed by atoms with E-state index in [0.29, 0.717) is 39.1 Å². The van der Waals surface area contributed by atoms with Crippen molar-refractivity contribution in [3.63, 3.8) is 0 Å². The zero-order valence-electron chi connectivity index (χ0n) is 38.6. The predicted octanol–water partition coefficient (Wildman–Crippen LogP) is 12.1. The quantitative estimate of drug-likeness (QED) is 0.0196. The zero-order valence-corrected chi connectivity index (χ0v) is 38.6. The van der Waals surface area contributed by atoms with Gasteiger partial charge in [0.1, 0.15) is 19.8 Å². The molecule has 1 aliphatic heterocycles. The molecule has 1 fully saturated rings. The van der Waals surface area contributed by atoms with Crippen molar-refractivity contribution in [1.82, 2.24) is 9.80 Å². The van der Waals surface area contributed by atoms with Crippen LogP contribution < -0.4 is 0 Å². The molecule has 1 amide bonds. The van der Waals surface area contributed by atoms with Crippen LogP contribution in [0.4, 0.5) is 4.79 Å². The lowest BCUT2D eigenvalue weighted by Crippen LogP contribution is -2.49. The van der Waals surface area contributed by atoms with Crippen LogP contribution in [0.25, 0.3) is 0 Å². The summed E-state index contributed by atoms with van der Waals surface area (Å²) >= 11 is 0. The molecule has 1 heterocycles. The number of esters is 2. The third kappa shape index (κ3) is 33.9. The Kier molecular flexibility index (Phi) is 37.9. The Morgan fingerprint density at radius 3 is 1.53 bits per heavy atom. The number of piperazine rings is 1. The summed E-state index contributed by atoms with van der Waals surface area (Å²) < 4.78 is 29.2. The number of carbonyl (C=O) groups is 3. The van der Waals surface area contributed by atoms with Crippen LogP contribution in [0.5, 0.6) is 0 Å². The smallest absolute Gasteiger partial charge is 0.409 e. The van der Waals surface area contributed by atoms with Gasteiger partial charge in [-0.3, -0.25) is 9.59 Å². The van der Waals surface area contributed by atoms with Crippen molar-refractivity contribution in [3.05, 3.63) is 24.3 Å². The molecule has 0 aromatic carbocycles. The molecule has 0 spiro atoms. The summed E-state index contributed by atoms with van der Waals surface area (Å²) in [4.78, 5) is 42.6. The van der Waals surface area contributed by atoms with E-state index in [1.54, 1.807) is 4.90 Å². The van der Waals surface area contributed by atoms with Crippen molar-refractivity contribution in [2.45, 2.75) is 201 Å². The van der Waals surface area contributed by atoms with E-state index in [0.717, 1.165) is 90.3 Å². The van der Waals surface area contributed by atoms with Gasteiger partial charge in [-0.25, -0.2) is 4.79 Å². The number of hydrogen-bond acceptors (Lipinski definition) is 9. The summed E-state index contributed by atoms with van der Waals surface area (Å²) in [6.07, 6.45) is 35.6. The van der Waals surface area contributed by atoms with Crippen molar-refractivity contribution >= 4 is 18.0 Å². The minimum absolute atomic E-state index is 0.00242. The van der Waals surface area contributed by atoms with Crippen LogP contribution in [0.2, 0.25) is 0 Å². The Hall–Kier alpha value is -2.43. The molecule has 1 saturated heterocycles. The van der Waals surface area contributed by atoms with Gasteiger partial charge in [0.25, 0.3) is 0 Å². The van der Waals surface area contributed by atoms with Gasteiger partial charge in [-0.1, -0.05) is 148 Å². The maximum Gasteiger partial charge on any atom is 0.409 e. The summed E-state index contributed by atoms with van der Waals surface area (Å²) in [7, 11) is 0. The van der Waals surface area contributed by atoms with Crippen LogP contribution in [0.15, 0.2) is 24.3 Å². The average molecular weight is 835 g/mol. The van der Waals surface area contributed by atoms with Gasteiger partial charge in [0.2, 0.25) is 0 Å². The number of allylic oxidation sites excluding steroid dienone is 4. The summed E-state index contributed by atoms with van der Waals surface area (Å²) in [6.45, 7) is 13.8. The summed E-state index contributed by atoms with van der Waals surface area (Å²) in [5, 5.41) is 0. The van der Waals surface area contributed by atoms with E-state index in [2.05, 4.69) is 56.9 Å². The van der Waals surface area contributed by atoms with Crippen LogP contribution in [-0.2, 0) is 33.3 Å². The number of ether oxygens (including phenoxy) is 5. The molecule has 0 aromatic rings. The lowest BCUT2D eigenvalue weighted by Gasteiger charge is -2.33. The first-order valence-corrected chi connectivity index (χ1v) is 24.4. The van der Waals surface area contributed by atoms with Crippen LogP contribution >= 0.6 is 0 Å². The summed E-state index contributed by atoms with van der Waals surface area (Å²) in [5.41, 5.74) is 0. The maximum atomic E-state index is 13.0. The molecular weight excluding hydrogens is 745 g/mol. The lowest BCUT2D eigenvalue weighted by atomic mass is 10.1. The fraction of sp³-hybridized carbons (Fsp3) is 0.857. The van der Waals surface area contributed by atoms with Gasteiger partial charge in [-0.15, -0.1) is 0 Å². The fourth-order valence-electron chi connectivity index (χ4n) is 6.96. The zero-order chi connectivity index (χ0) is 42.9. The van der Waals surface area contributed by atoms with Crippen molar-refractivity contribution < 1.29 is 38.1 Å². The van der Waals surface area contributed by atoms with Crippen LogP contribution in [0.1, 0.15) is 195 Å². The number of rotatable bonds is 40. The van der Waals surface area contributed by atoms with Crippen LogP contribution in [-0.4, -0.2) is 99.9 Å². The Labute approximate surface area is 361 Å². The van der Waals surface area contributed by atoms with Gasteiger partial charge >= 0.3 is 18.0 Å². The predicted molar refractivity (Wildman–Crippen MR) is 241 cm³/mol. The van der Waals surface area contributed by atoms with Crippen molar-refractivity contribution in [1.29, 1.82) is 0 Å². The van der Waals surface area contributed by atoms with E-state index >= 15 is 0 Å². The van der Waals surface area contributed by atoms with Crippen LogP contribution in [0.3, 0.4) is 0 Å². The standard InChI is InChI=1S/C49H90N2O8/c1-5-9-12-15-18-19-20-21-22-23-24-25-26-27-30-33-46(52)57-42-45(44-59-49(54)51-38-36-50(8-4)37-39-51)43-58-47(53)34-35-48(55-40-31-28-16-13-10-6-2)56-41-32-29-17-14-11-7-3/h18-19,21-22,45,48H,5-17,20,23-44H2,1-4H3/b19-18-,22-21-. The molecule has 1 aliphatic rings. The Bertz CT molecular complexity index is 1030. The second-order valence-corrected chi connectivity index (χ2v) is 16.5. The Morgan fingerprint density at radius 2 is 0.966 bits per heavy atom. The molecule has 1 rings (SSSR count). The van der Waals surface area contributed by atoms with E-state index < -0.39 is 12.2 Å². The highest BCUT2D eigenvalue weighted by Crippen LogP contribution is 2.14. The molecule has 0 radical (unpaired) electrons. The first kappa shape index (κ1) is 54.6. The molecule has 10 heteroatoms. The molecular formula is C49H90N2O8. The van der Waals surface area contributed by atoms with Gasteiger partial charge in [0.05, 0.1) is 12.3 Å². The molecule has 0 saturated carbocycles. The highest BCUT2D eigenvalue weighted by molar-refractivity contribution is 5.70. The van der Waals surface area contributed by atoms with Gasteiger partial charge in [-0.05, 0) is 57.9 Å². The largest absolute Gasteiger partial charge is 0.465 e. The lowest BCUT2D eigenvalue weighted by molar-refractivity contribution is -0.161. The third-order valence-electron chi connectivity index (χ3n) is 11.0. The average Bonchev–Trinajstić information content (AvgIpc) is 3.25. The number of nitrogens with zero attached hydrogens (tertiary/aromatic N) is 2. The van der Waals surface area contributed by atoms with Gasteiger partial charge < -0.3 is 33.5 Å². The van der Waals surface area contributed by atoms with Gasteiger partial charge in [0, 0.05) is 52.2 Å². The van der Waals surface area contributed by atoms with Gasteiger partial charge in [-0.2, -0.15) is 0 Å². The Morgan fingerprint density at radius 1 is 0.508 bits per heavy atom. The monoisotopic (exact) mass is 835 g/mol. The second kappa shape index (κ2) is 40.9. The summed E-state index contributed by atoms with van der Waals surface area (Å²) in [5.74, 6) is -1.11. The van der Waals surface area contributed by atoms with Crippen molar-refractivity contribution in [3.8, 4) is 0 Å². The second-order valence-electron chi connectivity index (χ2n) is 16.5. The van der Waals surface area contributed by atoms with E-state index in [9.17, 15) is 14.4 Å². The van der Waals surface area contributed by atoms with Crippen LogP contribution in [0, 0.1) is 5.92 Å². The minimum Gasteiger partial charge on any atom is -0.465 e. The molecule has 0 N–H and O–H groups in total.